The molecule has 1 aliphatic rings. The van der Waals surface area contributed by atoms with Gasteiger partial charge in [-0.2, -0.15) is 26.3 Å². The average molecular weight is 569 g/mol. The minimum absolute atomic E-state index is 0.0100. The zero-order valence-corrected chi connectivity index (χ0v) is 22.1. The monoisotopic (exact) mass is 568 g/mol. The standard InChI is InChI=1S/C30H30F6O4/c1-4-5-6-7-18-8-11-21(22(14-18)29(31,32)33)26-15-19-9-10-20(16-25(19)39-26)38-23-12-13-24(27(23)30(34,35)36)40-28(37)17(2)3/h8-11,14-16,23-24,27H,2,4-7,12-13H2,1,3H3. The highest BCUT2D eigenvalue weighted by Crippen LogP contribution is 2.44. The summed E-state index contributed by atoms with van der Waals surface area (Å²) in [5, 5.41) is 0.467. The predicted molar refractivity (Wildman–Crippen MR) is 138 cm³/mol. The number of benzene rings is 2. The number of hydrogen-bond donors (Lipinski definition) is 0. The maximum Gasteiger partial charge on any atom is 0.417 e. The van der Waals surface area contributed by atoms with Crippen molar-refractivity contribution in [2.45, 2.75) is 76.9 Å². The van der Waals surface area contributed by atoms with Crippen molar-refractivity contribution in [3.63, 3.8) is 0 Å². The molecule has 3 unspecified atom stereocenters. The van der Waals surface area contributed by atoms with Gasteiger partial charge in [0.2, 0.25) is 0 Å². The Labute approximate surface area is 227 Å². The third kappa shape index (κ3) is 6.64. The molecule has 1 heterocycles. The number of halogens is 6. The molecule has 2 aromatic carbocycles. The average Bonchev–Trinajstić information content (AvgIpc) is 3.47. The van der Waals surface area contributed by atoms with Crippen molar-refractivity contribution in [1.29, 1.82) is 0 Å². The van der Waals surface area contributed by atoms with Crippen LogP contribution in [0.4, 0.5) is 26.3 Å². The first-order valence-electron chi connectivity index (χ1n) is 13.1. The molecule has 1 fully saturated rings. The number of fused-ring (bicyclic) bond motifs is 1. The number of unbranched alkanes of at least 4 members (excludes halogenated alkanes) is 2. The van der Waals surface area contributed by atoms with E-state index >= 15 is 0 Å². The number of aryl methyl sites for hydroxylation is 1. The van der Waals surface area contributed by atoms with E-state index in [0.717, 1.165) is 25.3 Å². The molecule has 40 heavy (non-hydrogen) atoms. The highest BCUT2D eigenvalue weighted by atomic mass is 19.4. The third-order valence-electron chi connectivity index (χ3n) is 7.02. The molecule has 1 aliphatic carbocycles. The Morgan fingerprint density at radius 3 is 2.38 bits per heavy atom. The summed E-state index contributed by atoms with van der Waals surface area (Å²) in [6.07, 6.45) is -8.92. The lowest BCUT2D eigenvalue weighted by Crippen LogP contribution is -2.41. The fourth-order valence-electron chi connectivity index (χ4n) is 5.02. The van der Waals surface area contributed by atoms with Gasteiger partial charge in [-0.3, -0.25) is 0 Å². The second kappa shape index (κ2) is 11.6. The maximum absolute atomic E-state index is 13.9. The van der Waals surface area contributed by atoms with Crippen LogP contribution in [0.2, 0.25) is 0 Å². The molecular formula is C30H30F6O4. The summed E-state index contributed by atoms with van der Waals surface area (Å²) in [4.78, 5) is 11.9. The van der Waals surface area contributed by atoms with Gasteiger partial charge < -0.3 is 13.9 Å². The van der Waals surface area contributed by atoms with Crippen molar-refractivity contribution in [1.82, 2.24) is 0 Å². The summed E-state index contributed by atoms with van der Waals surface area (Å²) in [6, 6.07) is 9.94. The molecule has 1 aromatic heterocycles. The summed E-state index contributed by atoms with van der Waals surface area (Å²) >= 11 is 0. The van der Waals surface area contributed by atoms with Gasteiger partial charge in [-0.05, 0) is 62.4 Å². The smallest absolute Gasteiger partial charge is 0.417 e. The van der Waals surface area contributed by atoms with E-state index < -0.39 is 42.0 Å². The molecule has 216 valence electrons. The fraction of sp³-hybridized carbons (Fsp3) is 0.433. The van der Waals surface area contributed by atoms with Crippen molar-refractivity contribution < 1.29 is 45.0 Å². The topological polar surface area (TPSA) is 48.7 Å². The van der Waals surface area contributed by atoms with Gasteiger partial charge in [0.1, 0.15) is 35.2 Å². The number of ether oxygens (including phenoxy) is 2. The van der Waals surface area contributed by atoms with E-state index in [0.29, 0.717) is 17.4 Å². The van der Waals surface area contributed by atoms with E-state index in [1.54, 1.807) is 6.07 Å². The third-order valence-corrected chi connectivity index (χ3v) is 7.02. The molecule has 0 N–H and O–H groups in total. The van der Waals surface area contributed by atoms with Crippen molar-refractivity contribution >= 4 is 16.9 Å². The second-order valence-corrected chi connectivity index (χ2v) is 10.2. The van der Waals surface area contributed by atoms with Crippen LogP contribution in [0, 0.1) is 5.92 Å². The van der Waals surface area contributed by atoms with E-state index in [1.807, 2.05) is 6.92 Å². The molecule has 4 rings (SSSR count). The van der Waals surface area contributed by atoms with E-state index in [2.05, 4.69) is 6.58 Å². The molecule has 0 spiro atoms. The second-order valence-electron chi connectivity index (χ2n) is 10.2. The van der Waals surface area contributed by atoms with Crippen LogP contribution in [-0.2, 0) is 22.1 Å². The number of carbonyl (C=O) groups is 1. The summed E-state index contributed by atoms with van der Waals surface area (Å²) in [5.74, 6) is -2.91. The normalized spacial score (nSPS) is 19.6. The highest BCUT2D eigenvalue weighted by molar-refractivity contribution is 5.87. The zero-order valence-electron chi connectivity index (χ0n) is 22.1. The fourth-order valence-corrected chi connectivity index (χ4v) is 5.02. The number of carbonyl (C=O) groups excluding carboxylic acids is 1. The lowest BCUT2D eigenvalue weighted by Gasteiger charge is -2.27. The highest BCUT2D eigenvalue weighted by Gasteiger charge is 2.55. The largest absolute Gasteiger partial charge is 0.489 e. The number of rotatable bonds is 9. The first-order chi connectivity index (χ1) is 18.8. The van der Waals surface area contributed by atoms with Crippen molar-refractivity contribution in [2.75, 3.05) is 0 Å². The summed E-state index contributed by atoms with van der Waals surface area (Å²) in [7, 11) is 0. The maximum atomic E-state index is 13.9. The Balaban J connectivity index is 1.59. The van der Waals surface area contributed by atoms with Gasteiger partial charge in [-0.1, -0.05) is 38.5 Å². The van der Waals surface area contributed by atoms with Crippen LogP contribution in [-0.4, -0.2) is 24.4 Å². The van der Waals surface area contributed by atoms with Gasteiger partial charge in [0, 0.05) is 22.6 Å². The predicted octanol–water partition coefficient (Wildman–Crippen LogP) is 9.06. The van der Waals surface area contributed by atoms with Gasteiger partial charge in [0.05, 0.1) is 5.56 Å². The number of alkyl halides is 6. The lowest BCUT2D eigenvalue weighted by molar-refractivity contribution is -0.215. The number of esters is 1. The zero-order chi connectivity index (χ0) is 29.2. The molecular weight excluding hydrogens is 538 g/mol. The van der Waals surface area contributed by atoms with E-state index in [-0.39, 0.29) is 41.1 Å². The van der Waals surface area contributed by atoms with Crippen LogP contribution < -0.4 is 4.74 Å². The molecule has 3 atom stereocenters. The molecule has 10 heteroatoms. The van der Waals surface area contributed by atoms with Crippen LogP contribution in [0.25, 0.3) is 22.3 Å². The minimum Gasteiger partial charge on any atom is -0.489 e. The van der Waals surface area contributed by atoms with Gasteiger partial charge >= 0.3 is 18.3 Å². The molecule has 0 aliphatic heterocycles. The van der Waals surface area contributed by atoms with E-state index in [1.165, 1.54) is 37.3 Å². The molecule has 0 amide bonds. The first kappa shape index (κ1) is 29.6. The minimum atomic E-state index is -4.69. The summed E-state index contributed by atoms with van der Waals surface area (Å²) in [6.45, 7) is 6.77. The van der Waals surface area contributed by atoms with E-state index in [4.69, 9.17) is 13.9 Å². The Kier molecular flexibility index (Phi) is 8.56. The van der Waals surface area contributed by atoms with Gasteiger partial charge in [-0.25, -0.2) is 4.79 Å². The van der Waals surface area contributed by atoms with Crippen molar-refractivity contribution in [3.05, 3.63) is 65.7 Å². The van der Waals surface area contributed by atoms with Gasteiger partial charge in [-0.15, -0.1) is 0 Å². The summed E-state index contributed by atoms with van der Waals surface area (Å²) < 4.78 is 100. The van der Waals surface area contributed by atoms with Crippen molar-refractivity contribution in [3.8, 4) is 17.1 Å². The number of hydrogen-bond acceptors (Lipinski definition) is 4. The molecule has 0 radical (unpaired) electrons. The van der Waals surface area contributed by atoms with Crippen LogP contribution in [0.5, 0.6) is 5.75 Å². The molecule has 1 saturated carbocycles. The number of furan rings is 1. The Hall–Kier alpha value is -3.43. The van der Waals surface area contributed by atoms with E-state index in [9.17, 15) is 31.1 Å². The van der Waals surface area contributed by atoms with Gasteiger partial charge in [0.25, 0.3) is 0 Å². The first-order valence-corrected chi connectivity index (χ1v) is 13.1. The van der Waals surface area contributed by atoms with Crippen LogP contribution in [0.3, 0.4) is 0 Å². The molecule has 4 nitrogen and oxygen atoms in total. The Morgan fingerprint density at radius 2 is 1.73 bits per heavy atom. The Bertz CT molecular complexity index is 1370. The van der Waals surface area contributed by atoms with Crippen LogP contribution in [0.15, 0.2) is 59.0 Å². The van der Waals surface area contributed by atoms with Crippen molar-refractivity contribution in [2.24, 2.45) is 5.92 Å². The summed E-state index contributed by atoms with van der Waals surface area (Å²) in [5.41, 5.74) is -0.199. The Morgan fingerprint density at radius 1 is 1.00 bits per heavy atom. The molecule has 3 aromatic rings. The SMILES string of the molecule is C=C(C)C(=O)OC1CCC(Oc2ccc3cc(-c4ccc(CCCCC)cc4C(F)(F)F)oc3c2)C1C(F)(F)F. The van der Waals surface area contributed by atoms with Crippen LogP contribution >= 0.6 is 0 Å². The molecule has 0 bridgehead atoms. The van der Waals surface area contributed by atoms with Gasteiger partial charge in [0.15, 0.2) is 0 Å². The lowest BCUT2D eigenvalue weighted by atomic mass is 9.98. The quantitative estimate of drug-likeness (QED) is 0.112. The van der Waals surface area contributed by atoms with Crippen LogP contribution in [0.1, 0.15) is 57.1 Å². The molecule has 0 saturated heterocycles.